The molecule has 1 nitrogen and oxygen atoms in total. The Morgan fingerprint density at radius 3 is 2.69 bits per heavy atom. The Hall–Kier alpha value is -0.480. The number of hydrogen-bond donors (Lipinski definition) is 1. The van der Waals surface area contributed by atoms with E-state index in [0.29, 0.717) is 6.04 Å². The molecule has 1 fully saturated rings. The molecule has 3 atom stereocenters. The third kappa shape index (κ3) is 3.40. The third-order valence-corrected chi connectivity index (χ3v) is 3.06. The summed E-state index contributed by atoms with van der Waals surface area (Å²) in [7, 11) is 0. The minimum Gasteiger partial charge on any atom is -0.303 e. The van der Waals surface area contributed by atoms with Crippen LogP contribution >= 0.6 is 0 Å². The Labute approximate surface area is 82.3 Å². The van der Waals surface area contributed by atoms with Gasteiger partial charge in [-0.3, -0.25) is 0 Å². The smallest absolute Gasteiger partial charge is 0.0578 e. The van der Waals surface area contributed by atoms with Crippen LogP contribution in [0.1, 0.15) is 40.0 Å². The van der Waals surface area contributed by atoms with E-state index in [9.17, 15) is 0 Å². The van der Waals surface area contributed by atoms with Crippen molar-refractivity contribution in [1.29, 1.82) is 0 Å². The highest BCUT2D eigenvalue weighted by Gasteiger charge is 2.24. The minimum absolute atomic E-state index is 0.706. The van der Waals surface area contributed by atoms with Crippen LogP contribution in [0, 0.1) is 23.7 Å². The maximum absolute atomic E-state index is 3.52. The quantitative estimate of drug-likeness (QED) is 0.642. The van der Waals surface area contributed by atoms with Crippen molar-refractivity contribution in [2.75, 3.05) is 6.54 Å². The van der Waals surface area contributed by atoms with E-state index in [1.807, 2.05) is 6.92 Å². The van der Waals surface area contributed by atoms with Gasteiger partial charge < -0.3 is 5.32 Å². The van der Waals surface area contributed by atoms with Crippen LogP contribution in [0.4, 0.5) is 0 Å². The first-order valence-corrected chi connectivity index (χ1v) is 5.37. The summed E-state index contributed by atoms with van der Waals surface area (Å²) < 4.78 is 0. The van der Waals surface area contributed by atoms with Gasteiger partial charge in [-0.2, -0.15) is 0 Å². The zero-order valence-electron chi connectivity index (χ0n) is 9.06. The molecule has 1 saturated carbocycles. The van der Waals surface area contributed by atoms with E-state index in [1.165, 1.54) is 19.3 Å². The fourth-order valence-electron chi connectivity index (χ4n) is 2.24. The van der Waals surface area contributed by atoms with Crippen LogP contribution < -0.4 is 5.32 Å². The molecule has 3 unspecified atom stereocenters. The summed E-state index contributed by atoms with van der Waals surface area (Å²) in [5.41, 5.74) is 0. The van der Waals surface area contributed by atoms with Gasteiger partial charge in [-0.05, 0) is 38.0 Å². The molecule has 1 aliphatic carbocycles. The molecule has 0 heterocycles. The summed E-state index contributed by atoms with van der Waals surface area (Å²) >= 11 is 0. The summed E-state index contributed by atoms with van der Waals surface area (Å²) in [6, 6.07) is 0.706. The average molecular weight is 179 g/mol. The van der Waals surface area contributed by atoms with Gasteiger partial charge in [-0.15, -0.1) is 5.92 Å². The van der Waals surface area contributed by atoms with Gasteiger partial charge in [0.25, 0.3) is 0 Å². The van der Waals surface area contributed by atoms with Crippen LogP contribution in [0.2, 0.25) is 0 Å². The second kappa shape index (κ2) is 5.29. The van der Waals surface area contributed by atoms with Gasteiger partial charge in [-0.1, -0.05) is 19.8 Å². The van der Waals surface area contributed by atoms with Crippen molar-refractivity contribution in [2.24, 2.45) is 11.8 Å². The Balaban J connectivity index is 2.28. The van der Waals surface area contributed by atoms with Crippen LogP contribution in [0.15, 0.2) is 0 Å². The normalized spacial score (nSPS) is 33.6. The van der Waals surface area contributed by atoms with Crippen LogP contribution in [-0.2, 0) is 0 Å². The number of rotatable bonds is 2. The summed E-state index contributed by atoms with van der Waals surface area (Å²) in [5, 5.41) is 3.52. The van der Waals surface area contributed by atoms with E-state index in [-0.39, 0.29) is 0 Å². The van der Waals surface area contributed by atoms with Crippen molar-refractivity contribution in [1.82, 2.24) is 5.32 Å². The summed E-state index contributed by atoms with van der Waals surface area (Å²) in [5.74, 6) is 7.73. The highest BCUT2D eigenvalue weighted by atomic mass is 14.9. The first-order valence-electron chi connectivity index (χ1n) is 5.37. The van der Waals surface area contributed by atoms with Crippen molar-refractivity contribution in [3.63, 3.8) is 0 Å². The first kappa shape index (κ1) is 10.6. The van der Waals surface area contributed by atoms with Gasteiger partial charge >= 0.3 is 0 Å². The predicted molar refractivity (Wildman–Crippen MR) is 57.4 cm³/mol. The SMILES string of the molecule is CC#CCNC1CCC(C)CC1C. The Bertz CT molecular complexity index is 199. The molecule has 74 valence electrons. The Morgan fingerprint density at radius 2 is 2.08 bits per heavy atom. The molecule has 0 saturated heterocycles. The van der Waals surface area contributed by atoms with Crippen LogP contribution in [-0.4, -0.2) is 12.6 Å². The molecule has 0 aromatic rings. The summed E-state index contributed by atoms with van der Waals surface area (Å²) in [6.45, 7) is 7.47. The van der Waals surface area contributed by atoms with Crippen molar-refractivity contribution >= 4 is 0 Å². The fraction of sp³-hybridized carbons (Fsp3) is 0.833. The fourth-order valence-corrected chi connectivity index (χ4v) is 2.24. The molecule has 1 rings (SSSR count). The molecule has 0 spiro atoms. The first-order chi connectivity index (χ1) is 6.24. The topological polar surface area (TPSA) is 12.0 Å². The van der Waals surface area contributed by atoms with Crippen LogP contribution in [0.5, 0.6) is 0 Å². The molecule has 1 heteroatoms. The Morgan fingerprint density at radius 1 is 1.31 bits per heavy atom. The molecule has 0 amide bonds. The van der Waals surface area contributed by atoms with Gasteiger partial charge in [0.2, 0.25) is 0 Å². The van der Waals surface area contributed by atoms with E-state index >= 15 is 0 Å². The van der Waals surface area contributed by atoms with Crippen molar-refractivity contribution < 1.29 is 0 Å². The van der Waals surface area contributed by atoms with Gasteiger partial charge in [0.15, 0.2) is 0 Å². The van der Waals surface area contributed by atoms with Crippen molar-refractivity contribution in [3.05, 3.63) is 0 Å². The van der Waals surface area contributed by atoms with Crippen molar-refractivity contribution in [3.8, 4) is 11.8 Å². The summed E-state index contributed by atoms with van der Waals surface area (Å²) in [4.78, 5) is 0. The predicted octanol–water partition coefficient (Wildman–Crippen LogP) is 2.42. The molecule has 0 aromatic heterocycles. The molecule has 13 heavy (non-hydrogen) atoms. The molecule has 0 radical (unpaired) electrons. The highest BCUT2D eigenvalue weighted by molar-refractivity contribution is 4.98. The maximum atomic E-state index is 3.52. The average Bonchev–Trinajstić information content (AvgIpc) is 2.09. The zero-order chi connectivity index (χ0) is 9.68. The largest absolute Gasteiger partial charge is 0.303 e. The van der Waals surface area contributed by atoms with Crippen LogP contribution in [0.25, 0.3) is 0 Å². The van der Waals surface area contributed by atoms with Gasteiger partial charge in [0, 0.05) is 6.04 Å². The lowest BCUT2D eigenvalue weighted by molar-refractivity contribution is 0.233. The molecule has 1 aliphatic rings. The second-order valence-corrected chi connectivity index (χ2v) is 4.31. The van der Waals surface area contributed by atoms with Gasteiger partial charge in [-0.25, -0.2) is 0 Å². The van der Waals surface area contributed by atoms with E-state index < -0.39 is 0 Å². The molecule has 0 bridgehead atoms. The standard InChI is InChI=1S/C12H21N/c1-4-5-8-13-12-7-6-10(2)9-11(12)3/h10-13H,6-9H2,1-3H3. The lowest BCUT2D eigenvalue weighted by Gasteiger charge is -2.32. The Kier molecular flexibility index (Phi) is 4.32. The van der Waals surface area contributed by atoms with Crippen LogP contribution in [0.3, 0.4) is 0 Å². The van der Waals surface area contributed by atoms with E-state index in [0.717, 1.165) is 18.4 Å². The minimum atomic E-state index is 0.706. The highest BCUT2D eigenvalue weighted by Crippen LogP contribution is 2.28. The lowest BCUT2D eigenvalue weighted by atomic mass is 9.80. The molecule has 1 N–H and O–H groups in total. The number of hydrogen-bond acceptors (Lipinski definition) is 1. The molecule has 0 aliphatic heterocycles. The van der Waals surface area contributed by atoms with E-state index in [2.05, 4.69) is 31.0 Å². The van der Waals surface area contributed by atoms with E-state index in [4.69, 9.17) is 0 Å². The monoisotopic (exact) mass is 179 g/mol. The summed E-state index contributed by atoms with van der Waals surface area (Å²) in [6.07, 6.45) is 4.08. The molecule has 0 aromatic carbocycles. The van der Waals surface area contributed by atoms with Gasteiger partial charge in [0.1, 0.15) is 0 Å². The number of nitrogens with one attached hydrogen (secondary N) is 1. The zero-order valence-corrected chi connectivity index (χ0v) is 9.06. The van der Waals surface area contributed by atoms with Gasteiger partial charge in [0.05, 0.1) is 6.54 Å². The van der Waals surface area contributed by atoms with Crippen molar-refractivity contribution in [2.45, 2.75) is 46.1 Å². The second-order valence-electron chi connectivity index (χ2n) is 4.31. The molecular formula is C12H21N. The lowest BCUT2D eigenvalue weighted by Crippen LogP contribution is -2.39. The third-order valence-electron chi connectivity index (χ3n) is 3.06. The van der Waals surface area contributed by atoms with E-state index in [1.54, 1.807) is 0 Å². The maximum Gasteiger partial charge on any atom is 0.0578 e. The molecular weight excluding hydrogens is 158 g/mol.